The standard InChI is InChI=1S/C22H22ClN3O5S/c1-3-31-20(28)13-26-19(27)12-18(21(29)24-15-8-10-17(30-2)11-9-15)32-22(26)25-16-6-4-14(23)5-7-16/h4-11,18H,3,12-13H2,1-2H3,(H,24,29)/t18-/m0/s1. The first-order valence-corrected chi connectivity index (χ1v) is 11.1. The smallest absolute Gasteiger partial charge is 0.326 e. The molecule has 168 valence electrons. The Bertz CT molecular complexity index is 1010. The van der Waals surface area contributed by atoms with Gasteiger partial charge in [0, 0.05) is 17.1 Å². The number of nitrogens with zero attached hydrogens (tertiary/aromatic N) is 2. The normalized spacial score (nSPS) is 17.2. The van der Waals surface area contributed by atoms with Crippen LogP contribution in [0.5, 0.6) is 5.75 Å². The number of nitrogens with one attached hydrogen (secondary N) is 1. The fourth-order valence-corrected chi connectivity index (χ4v) is 4.08. The van der Waals surface area contributed by atoms with E-state index in [0.717, 1.165) is 11.8 Å². The fraction of sp³-hybridized carbons (Fsp3) is 0.273. The van der Waals surface area contributed by atoms with Crippen molar-refractivity contribution >= 4 is 57.7 Å². The number of rotatable bonds is 7. The number of amidine groups is 1. The van der Waals surface area contributed by atoms with Gasteiger partial charge in [-0.2, -0.15) is 0 Å². The van der Waals surface area contributed by atoms with E-state index in [4.69, 9.17) is 21.1 Å². The van der Waals surface area contributed by atoms with Crippen molar-refractivity contribution < 1.29 is 23.9 Å². The van der Waals surface area contributed by atoms with Crippen LogP contribution >= 0.6 is 23.4 Å². The molecule has 1 aliphatic heterocycles. The number of methoxy groups -OCH3 is 1. The van der Waals surface area contributed by atoms with E-state index in [-0.39, 0.29) is 36.6 Å². The zero-order chi connectivity index (χ0) is 23.1. The lowest BCUT2D eigenvalue weighted by atomic mass is 10.2. The van der Waals surface area contributed by atoms with E-state index in [0.29, 0.717) is 22.1 Å². The van der Waals surface area contributed by atoms with Gasteiger partial charge in [-0.3, -0.25) is 19.3 Å². The van der Waals surface area contributed by atoms with Crippen LogP contribution in [0, 0.1) is 0 Å². The maximum absolute atomic E-state index is 12.8. The highest BCUT2D eigenvalue weighted by Gasteiger charge is 2.37. The number of anilines is 1. The Labute approximate surface area is 194 Å². The van der Waals surface area contributed by atoms with Gasteiger partial charge < -0.3 is 14.8 Å². The Balaban J connectivity index is 1.81. The second-order valence-corrected chi connectivity index (χ2v) is 8.29. The lowest BCUT2D eigenvalue weighted by Gasteiger charge is -2.31. The van der Waals surface area contributed by atoms with Gasteiger partial charge in [0.1, 0.15) is 17.5 Å². The lowest BCUT2D eigenvalue weighted by molar-refractivity contribution is -0.146. The van der Waals surface area contributed by atoms with Crippen LogP contribution in [-0.4, -0.2) is 53.4 Å². The average Bonchev–Trinajstić information content (AvgIpc) is 2.78. The highest BCUT2D eigenvalue weighted by Crippen LogP contribution is 2.30. The van der Waals surface area contributed by atoms with Crippen LogP contribution in [0.15, 0.2) is 53.5 Å². The summed E-state index contributed by atoms with van der Waals surface area (Å²) in [6.07, 6.45) is -0.0777. The second-order valence-electron chi connectivity index (χ2n) is 6.68. The molecule has 1 aliphatic rings. The van der Waals surface area contributed by atoms with Crippen LogP contribution in [0.1, 0.15) is 13.3 Å². The molecule has 2 aromatic carbocycles. The summed E-state index contributed by atoms with van der Waals surface area (Å²) in [6, 6.07) is 13.6. The van der Waals surface area contributed by atoms with Crippen molar-refractivity contribution in [3.8, 4) is 5.75 Å². The van der Waals surface area contributed by atoms with Crippen molar-refractivity contribution in [3.05, 3.63) is 53.6 Å². The van der Waals surface area contributed by atoms with Gasteiger partial charge in [-0.1, -0.05) is 23.4 Å². The first kappa shape index (κ1) is 23.6. The number of halogens is 1. The van der Waals surface area contributed by atoms with Crippen molar-refractivity contribution in [2.45, 2.75) is 18.6 Å². The van der Waals surface area contributed by atoms with E-state index >= 15 is 0 Å². The Morgan fingerprint density at radius 1 is 1.19 bits per heavy atom. The monoisotopic (exact) mass is 475 g/mol. The van der Waals surface area contributed by atoms with Crippen molar-refractivity contribution in [1.29, 1.82) is 0 Å². The third-order valence-electron chi connectivity index (χ3n) is 4.43. The van der Waals surface area contributed by atoms with Gasteiger partial charge in [0.2, 0.25) is 11.8 Å². The molecule has 0 aromatic heterocycles. The molecule has 1 atom stereocenters. The molecule has 32 heavy (non-hydrogen) atoms. The van der Waals surface area contributed by atoms with Gasteiger partial charge in [-0.05, 0) is 55.5 Å². The molecule has 0 unspecified atom stereocenters. The molecule has 1 N–H and O–H groups in total. The predicted octanol–water partition coefficient (Wildman–Crippen LogP) is 3.87. The van der Waals surface area contributed by atoms with E-state index in [1.807, 2.05) is 0 Å². The summed E-state index contributed by atoms with van der Waals surface area (Å²) in [5.74, 6) is -0.615. The van der Waals surface area contributed by atoms with Crippen LogP contribution in [0.2, 0.25) is 5.02 Å². The van der Waals surface area contributed by atoms with Crippen molar-refractivity contribution in [1.82, 2.24) is 4.90 Å². The van der Waals surface area contributed by atoms with Gasteiger partial charge in [0.25, 0.3) is 0 Å². The number of amides is 2. The highest BCUT2D eigenvalue weighted by atomic mass is 35.5. The van der Waals surface area contributed by atoms with Crippen LogP contribution in [0.25, 0.3) is 0 Å². The summed E-state index contributed by atoms with van der Waals surface area (Å²) in [6.45, 7) is 1.61. The molecule has 2 amide bonds. The van der Waals surface area contributed by atoms with E-state index in [1.165, 1.54) is 4.90 Å². The number of carbonyl (C=O) groups is 3. The average molecular weight is 476 g/mol. The molecule has 1 fully saturated rings. The Morgan fingerprint density at radius 2 is 1.88 bits per heavy atom. The van der Waals surface area contributed by atoms with E-state index in [1.54, 1.807) is 62.6 Å². The van der Waals surface area contributed by atoms with Crippen molar-refractivity contribution in [2.24, 2.45) is 4.99 Å². The molecule has 8 nitrogen and oxygen atoms in total. The van der Waals surface area contributed by atoms with Crippen molar-refractivity contribution in [3.63, 3.8) is 0 Å². The number of hydrogen-bond donors (Lipinski definition) is 1. The first-order valence-electron chi connectivity index (χ1n) is 9.81. The SMILES string of the molecule is CCOC(=O)CN1C(=O)C[C@@H](C(=O)Nc2ccc(OC)cc2)SC1=Nc1ccc(Cl)cc1. The molecule has 1 heterocycles. The number of hydrogen-bond acceptors (Lipinski definition) is 7. The van der Waals surface area contributed by atoms with E-state index in [2.05, 4.69) is 10.3 Å². The summed E-state index contributed by atoms with van der Waals surface area (Å²) in [7, 11) is 1.56. The van der Waals surface area contributed by atoms with E-state index in [9.17, 15) is 14.4 Å². The molecule has 0 aliphatic carbocycles. The predicted molar refractivity (Wildman–Crippen MR) is 125 cm³/mol. The maximum atomic E-state index is 12.8. The quantitative estimate of drug-likeness (QED) is 0.610. The van der Waals surface area contributed by atoms with Crippen LogP contribution in [0.3, 0.4) is 0 Å². The second kappa shape index (κ2) is 11.0. The van der Waals surface area contributed by atoms with Gasteiger partial charge in [0.05, 0.1) is 19.4 Å². The Kier molecular flexibility index (Phi) is 8.13. The third kappa shape index (κ3) is 6.24. The van der Waals surface area contributed by atoms with Gasteiger partial charge in [-0.25, -0.2) is 4.99 Å². The molecular weight excluding hydrogens is 454 g/mol. The number of esters is 1. The molecule has 0 saturated carbocycles. The molecule has 10 heteroatoms. The number of carbonyl (C=O) groups excluding carboxylic acids is 3. The zero-order valence-corrected chi connectivity index (χ0v) is 19.1. The number of thioether (sulfide) groups is 1. The summed E-state index contributed by atoms with van der Waals surface area (Å²) in [5.41, 5.74) is 1.11. The largest absolute Gasteiger partial charge is 0.497 e. The summed E-state index contributed by atoms with van der Waals surface area (Å²) >= 11 is 7.05. The summed E-state index contributed by atoms with van der Waals surface area (Å²) in [5, 5.41) is 2.87. The molecular formula is C22H22ClN3O5S. The highest BCUT2D eigenvalue weighted by molar-refractivity contribution is 8.15. The molecule has 1 saturated heterocycles. The van der Waals surface area contributed by atoms with Gasteiger partial charge in [0.15, 0.2) is 5.17 Å². The minimum atomic E-state index is -0.714. The maximum Gasteiger partial charge on any atom is 0.326 e. The van der Waals surface area contributed by atoms with Crippen LogP contribution in [0.4, 0.5) is 11.4 Å². The number of ether oxygens (including phenoxy) is 2. The number of aliphatic imine (C=N–C) groups is 1. The van der Waals surface area contributed by atoms with Crippen LogP contribution in [-0.2, 0) is 19.1 Å². The zero-order valence-electron chi connectivity index (χ0n) is 17.5. The lowest BCUT2D eigenvalue weighted by Crippen LogP contribution is -2.47. The van der Waals surface area contributed by atoms with Crippen LogP contribution < -0.4 is 10.1 Å². The Hall–Kier alpha value is -3.04. The summed E-state index contributed by atoms with van der Waals surface area (Å²) < 4.78 is 10.1. The van der Waals surface area contributed by atoms with Crippen molar-refractivity contribution in [2.75, 3.05) is 25.6 Å². The summed E-state index contributed by atoms with van der Waals surface area (Å²) in [4.78, 5) is 43.4. The minimum absolute atomic E-state index is 0.0777. The molecule has 0 bridgehead atoms. The molecule has 0 radical (unpaired) electrons. The third-order valence-corrected chi connectivity index (χ3v) is 5.87. The molecule has 2 aromatic rings. The molecule has 3 rings (SSSR count). The fourth-order valence-electron chi connectivity index (χ4n) is 2.86. The first-order chi connectivity index (χ1) is 15.4. The Morgan fingerprint density at radius 3 is 2.50 bits per heavy atom. The molecule has 0 spiro atoms. The number of benzene rings is 2. The minimum Gasteiger partial charge on any atom is -0.497 e. The van der Waals surface area contributed by atoms with Gasteiger partial charge in [-0.15, -0.1) is 0 Å². The topological polar surface area (TPSA) is 97.3 Å². The van der Waals surface area contributed by atoms with Gasteiger partial charge >= 0.3 is 5.97 Å². The van der Waals surface area contributed by atoms with E-state index < -0.39 is 11.2 Å².